The van der Waals surface area contributed by atoms with E-state index in [2.05, 4.69) is 10.4 Å². The molecule has 6 heteroatoms. The van der Waals surface area contributed by atoms with Crippen LogP contribution < -0.4 is 5.32 Å². The number of aromatic nitrogens is 2. The average Bonchev–Trinajstić information content (AvgIpc) is 3.23. The summed E-state index contributed by atoms with van der Waals surface area (Å²) >= 11 is 0. The van der Waals surface area contributed by atoms with Crippen LogP contribution in [0, 0.1) is 5.92 Å². The summed E-state index contributed by atoms with van der Waals surface area (Å²) in [6, 6.07) is 9.69. The Morgan fingerprint density at radius 1 is 1.30 bits per heavy atom. The molecule has 0 spiro atoms. The maximum Gasteiger partial charge on any atom is 0.253 e. The number of hydrogen-bond acceptors (Lipinski definition) is 3. The molecule has 1 aromatic carbocycles. The van der Waals surface area contributed by atoms with Gasteiger partial charge in [-0.2, -0.15) is 5.10 Å². The zero-order valence-electron chi connectivity index (χ0n) is 12.7. The number of hydrogen-bond donors (Lipinski definition) is 1. The molecule has 2 aliphatic heterocycles. The molecular weight excluding hydrogens is 292 g/mol. The predicted molar refractivity (Wildman–Crippen MR) is 83.7 cm³/mol. The molecule has 0 bridgehead atoms. The fourth-order valence-electron chi connectivity index (χ4n) is 3.48. The van der Waals surface area contributed by atoms with Crippen molar-refractivity contribution >= 4 is 11.8 Å². The third-order valence-electron chi connectivity index (χ3n) is 4.60. The van der Waals surface area contributed by atoms with Crippen LogP contribution in [0.3, 0.4) is 0 Å². The third-order valence-corrected chi connectivity index (χ3v) is 4.60. The Hall–Kier alpha value is -2.63. The van der Waals surface area contributed by atoms with Gasteiger partial charge >= 0.3 is 0 Å². The molecule has 2 aliphatic rings. The lowest BCUT2D eigenvalue weighted by atomic mass is 10.1. The van der Waals surface area contributed by atoms with E-state index in [1.165, 1.54) is 0 Å². The van der Waals surface area contributed by atoms with Crippen molar-refractivity contribution in [1.82, 2.24) is 20.0 Å². The van der Waals surface area contributed by atoms with Gasteiger partial charge in [0, 0.05) is 43.4 Å². The Labute approximate surface area is 134 Å². The van der Waals surface area contributed by atoms with Gasteiger partial charge in [-0.15, -0.1) is 0 Å². The molecule has 1 aromatic heterocycles. The van der Waals surface area contributed by atoms with E-state index in [-0.39, 0.29) is 23.8 Å². The zero-order chi connectivity index (χ0) is 15.8. The number of carbonyl (C=O) groups is 2. The van der Waals surface area contributed by atoms with Gasteiger partial charge in [0.1, 0.15) is 0 Å². The Morgan fingerprint density at radius 3 is 3.00 bits per heavy atom. The van der Waals surface area contributed by atoms with E-state index in [1.807, 2.05) is 46.1 Å². The van der Waals surface area contributed by atoms with E-state index in [4.69, 9.17) is 0 Å². The fourth-order valence-corrected chi connectivity index (χ4v) is 3.48. The number of fused-ring (bicyclic) bond motifs is 1. The van der Waals surface area contributed by atoms with Crippen LogP contribution in [0.15, 0.2) is 42.7 Å². The van der Waals surface area contributed by atoms with Crippen molar-refractivity contribution in [2.75, 3.05) is 13.1 Å². The molecule has 0 aliphatic carbocycles. The molecule has 3 heterocycles. The summed E-state index contributed by atoms with van der Waals surface area (Å²) in [7, 11) is 0. The van der Waals surface area contributed by atoms with Crippen molar-refractivity contribution in [3.8, 4) is 0 Å². The van der Waals surface area contributed by atoms with Crippen LogP contribution in [0.2, 0.25) is 0 Å². The van der Waals surface area contributed by atoms with Gasteiger partial charge in [-0.25, -0.2) is 0 Å². The van der Waals surface area contributed by atoms with E-state index in [1.54, 1.807) is 6.20 Å². The highest BCUT2D eigenvalue weighted by Crippen LogP contribution is 2.26. The number of carbonyl (C=O) groups excluding carboxylic acids is 2. The van der Waals surface area contributed by atoms with Crippen molar-refractivity contribution in [3.63, 3.8) is 0 Å². The van der Waals surface area contributed by atoms with Gasteiger partial charge in [0.25, 0.3) is 5.91 Å². The molecule has 23 heavy (non-hydrogen) atoms. The van der Waals surface area contributed by atoms with E-state index < -0.39 is 0 Å². The summed E-state index contributed by atoms with van der Waals surface area (Å²) < 4.78 is 1.83. The van der Waals surface area contributed by atoms with Gasteiger partial charge in [0.15, 0.2) is 0 Å². The first-order valence-corrected chi connectivity index (χ1v) is 7.84. The summed E-state index contributed by atoms with van der Waals surface area (Å²) in [4.78, 5) is 25.9. The van der Waals surface area contributed by atoms with Crippen LogP contribution in [-0.2, 0) is 11.3 Å². The minimum absolute atomic E-state index is 0.0379. The minimum atomic E-state index is 0.0379. The first kappa shape index (κ1) is 14.0. The third kappa shape index (κ3) is 2.72. The van der Waals surface area contributed by atoms with Gasteiger partial charge < -0.3 is 10.2 Å². The maximum absolute atomic E-state index is 12.7. The van der Waals surface area contributed by atoms with Gasteiger partial charge in [0.2, 0.25) is 5.91 Å². The van der Waals surface area contributed by atoms with Crippen molar-refractivity contribution in [2.45, 2.75) is 19.0 Å². The maximum atomic E-state index is 12.7. The van der Waals surface area contributed by atoms with Gasteiger partial charge in [-0.3, -0.25) is 14.3 Å². The highest BCUT2D eigenvalue weighted by Gasteiger charge is 2.41. The van der Waals surface area contributed by atoms with Crippen LogP contribution in [0.1, 0.15) is 22.3 Å². The summed E-state index contributed by atoms with van der Waals surface area (Å²) in [5.41, 5.74) is 1.74. The largest absolute Gasteiger partial charge is 0.351 e. The number of amides is 2. The first-order chi connectivity index (χ1) is 11.2. The highest BCUT2D eigenvalue weighted by atomic mass is 16.2. The topological polar surface area (TPSA) is 67.2 Å². The molecule has 6 nitrogen and oxygen atoms in total. The van der Waals surface area contributed by atoms with E-state index in [0.29, 0.717) is 31.6 Å². The number of likely N-dealkylation sites (tertiary alicyclic amines) is 1. The Morgan fingerprint density at radius 2 is 2.22 bits per heavy atom. The van der Waals surface area contributed by atoms with Crippen molar-refractivity contribution < 1.29 is 9.59 Å². The molecule has 2 aromatic rings. The molecule has 2 saturated heterocycles. The second-order valence-electron chi connectivity index (χ2n) is 6.25. The standard InChI is InChI=1S/C17H18N4O2/c22-16-8-14-10-20(11-15(14)19-16)17(23)13-4-1-3-12(7-13)9-21-6-2-5-18-21/h1-7,14-15H,8-11H2,(H,19,22)/t14-,15+/m0/s1. The second kappa shape index (κ2) is 5.53. The quantitative estimate of drug-likeness (QED) is 0.915. The predicted octanol–water partition coefficient (Wildman–Crippen LogP) is 0.892. The second-order valence-corrected chi connectivity index (χ2v) is 6.25. The number of benzene rings is 1. The van der Waals surface area contributed by atoms with Crippen LogP contribution in [0.4, 0.5) is 0 Å². The number of nitrogens with one attached hydrogen (secondary N) is 1. The lowest BCUT2D eigenvalue weighted by Gasteiger charge is -2.17. The van der Waals surface area contributed by atoms with Crippen molar-refractivity contribution in [1.29, 1.82) is 0 Å². The Balaban J connectivity index is 1.48. The normalized spacial score (nSPS) is 23.0. The first-order valence-electron chi connectivity index (χ1n) is 7.84. The molecule has 4 rings (SSSR count). The van der Waals surface area contributed by atoms with Gasteiger partial charge in [0.05, 0.1) is 12.6 Å². The van der Waals surface area contributed by atoms with E-state index in [9.17, 15) is 9.59 Å². The molecule has 0 saturated carbocycles. The summed E-state index contributed by atoms with van der Waals surface area (Å²) in [6.45, 7) is 1.92. The van der Waals surface area contributed by atoms with Crippen LogP contribution in [0.5, 0.6) is 0 Å². The average molecular weight is 310 g/mol. The monoisotopic (exact) mass is 310 g/mol. The molecule has 1 N–H and O–H groups in total. The highest BCUT2D eigenvalue weighted by molar-refractivity contribution is 5.95. The minimum Gasteiger partial charge on any atom is -0.351 e. The van der Waals surface area contributed by atoms with Crippen LogP contribution >= 0.6 is 0 Å². The zero-order valence-corrected chi connectivity index (χ0v) is 12.7. The fraction of sp³-hybridized carbons (Fsp3) is 0.353. The van der Waals surface area contributed by atoms with Crippen molar-refractivity contribution in [2.24, 2.45) is 5.92 Å². The van der Waals surface area contributed by atoms with Crippen LogP contribution in [-0.4, -0.2) is 45.6 Å². The SMILES string of the molecule is O=C1C[C@H]2CN(C(=O)c3cccc(Cn4cccn4)c3)C[C@H]2N1. The Kier molecular flexibility index (Phi) is 3.37. The lowest BCUT2D eigenvalue weighted by molar-refractivity contribution is -0.119. The van der Waals surface area contributed by atoms with E-state index >= 15 is 0 Å². The van der Waals surface area contributed by atoms with Gasteiger partial charge in [-0.1, -0.05) is 12.1 Å². The molecular formula is C17H18N4O2. The molecule has 2 fully saturated rings. The summed E-state index contributed by atoms with van der Waals surface area (Å²) in [5.74, 6) is 0.406. The van der Waals surface area contributed by atoms with Gasteiger partial charge in [-0.05, 0) is 23.8 Å². The summed E-state index contributed by atoms with van der Waals surface area (Å²) in [5, 5.41) is 7.14. The van der Waals surface area contributed by atoms with Crippen LogP contribution in [0.25, 0.3) is 0 Å². The van der Waals surface area contributed by atoms with Crippen molar-refractivity contribution in [3.05, 3.63) is 53.9 Å². The molecule has 2 atom stereocenters. The number of nitrogens with zero attached hydrogens (tertiary/aromatic N) is 3. The molecule has 0 unspecified atom stereocenters. The molecule has 2 amide bonds. The number of rotatable bonds is 3. The lowest BCUT2D eigenvalue weighted by Crippen LogP contribution is -2.35. The molecule has 0 radical (unpaired) electrons. The van der Waals surface area contributed by atoms with E-state index in [0.717, 1.165) is 5.56 Å². The Bertz CT molecular complexity index is 725. The summed E-state index contributed by atoms with van der Waals surface area (Å²) in [6.07, 6.45) is 4.18. The molecule has 118 valence electrons. The smallest absolute Gasteiger partial charge is 0.253 e.